The lowest BCUT2D eigenvalue weighted by atomic mass is 10.1. The average molecular weight is 297 g/mol. The van der Waals surface area contributed by atoms with E-state index in [4.69, 9.17) is 0 Å². The van der Waals surface area contributed by atoms with Crippen LogP contribution in [0.4, 0.5) is 4.39 Å². The van der Waals surface area contributed by atoms with Crippen LogP contribution in [0.3, 0.4) is 0 Å². The molecular formula is C13H16FN3O2S. The molecule has 2 N–H and O–H groups in total. The van der Waals surface area contributed by atoms with E-state index in [0.29, 0.717) is 16.8 Å². The number of hydrogen-bond acceptors (Lipinski definition) is 3. The minimum atomic E-state index is -3.68. The maximum Gasteiger partial charge on any atom is 0.244 e. The van der Waals surface area contributed by atoms with E-state index in [1.54, 1.807) is 32.9 Å². The third kappa shape index (κ3) is 2.88. The van der Waals surface area contributed by atoms with Gasteiger partial charge in [-0.15, -0.1) is 0 Å². The third-order valence-electron chi connectivity index (χ3n) is 3.10. The lowest BCUT2D eigenvalue weighted by Gasteiger charge is -2.14. The van der Waals surface area contributed by atoms with Gasteiger partial charge >= 0.3 is 0 Å². The fourth-order valence-corrected chi connectivity index (χ4v) is 3.22. The molecule has 1 aromatic heterocycles. The number of halogens is 1. The molecule has 0 radical (unpaired) electrons. The van der Waals surface area contributed by atoms with Crippen LogP contribution in [-0.4, -0.2) is 18.6 Å². The SMILES string of the molecule is Cc1ccc(C(C)NS(=O)(=O)c2cn[nH]c2C)cc1F. The number of nitrogens with zero attached hydrogens (tertiary/aromatic N) is 1. The Labute approximate surface area is 117 Å². The number of aryl methyl sites for hydroxylation is 2. The maximum absolute atomic E-state index is 13.5. The van der Waals surface area contributed by atoms with Gasteiger partial charge in [0.1, 0.15) is 10.7 Å². The molecule has 7 heteroatoms. The first kappa shape index (κ1) is 14.7. The van der Waals surface area contributed by atoms with Gasteiger partial charge in [0.25, 0.3) is 0 Å². The number of H-pyrrole nitrogens is 1. The van der Waals surface area contributed by atoms with E-state index >= 15 is 0 Å². The molecule has 5 nitrogen and oxygen atoms in total. The maximum atomic E-state index is 13.5. The van der Waals surface area contributed by atoms with Gasteiger partial charge in [0, 0.05) is 6.04 Å². The molecule has 0 saturated heterocycles. The summed E-state index contributed by atoms with van der Waals surface area (Å²) in [5, 5.41) is 6.26. The molecule has 20 heavy (non-hydrogen) atoms. The monoisotopic (exact) mass is 297 g/mol. The van der Waals surface area contributed by atoms with Crippen LogP contribution in [0.15, 0.2) is 29.3 Å². The molecule has 108 valence electrons. The number of sulfonamides is 1. The van der Waals surface area contributed by atoms with Crippen LogP contribution in [0.25, 0.3) is 0 Å². The standard InChI is InChI=1S/C13H16FN3O2S/c1-8-4-5-11(6-12(8)14)9(2)17-20(18,19)13-7-15-16-10(13)3/h4-7,9,17H,1-3H3,(H,15,16). The topological polar surface area (TPSA) is 74.8 Å². The van der Waals surface area contributed by atoms with E-state index in [1.165, 1.54) is 12.3 Å². The summed E-state index contributed by atoms with van der Waals surface area (Å²) in [5.41, 5.74) is 1.55. The van der Waals surface area contributed by atoms with Crippen molar-refractivity contribution in [1.82, 2.24) is 14.9 Å². The fourth-order valence-electron chi connectivity index (χ4n) is 1.85. The Kier molecular flexibility index (Phi) is 3.92. The van der Waals surface area contributed by atoms with Crippen molar-refractivity contribution in [3.63, 3.8) is 0 Å². The second-order valence-electron chi connectivity index (χ2n) is 4.71. The largest absolute Gasteiger partial charge is 0.281 e. The summed E-state index contributed by atoms with van der Waals surface area (Å²) < 4.78 is 40.4. The predicted molar refractivity (Wildman–Crippen MR) is 73.2 cm³/mol. The zero-order chi connectivity index (χ0) is 14.9. The van der Waals surface area contributed by atoms with Crippen molar-refractivity contribution in [1.29, 1.82) is 0 Å². The normalized spacial score (nSPS) is 13.4. The molecule has 0 fully saturated rings. The van der Waals surface area contributed by atoms with E-state index in [2.05, 4.69) is 14.9 Å². The second-order valence-corrected chi connectivity index (χ2v) is 6.39. The predicted octanol–water partition coefficient (Wildman–Crippen LogP) is 2.21. The summed E-state index contributed by atoms with van der Waals surface area (Å²) in [6.45, 7) is 4.94. The van der Waals surface area contributed by atoms with Crippen LogP contribution in [-0.2, 0) is 10.0 Å². The summed E-state index contributed by atoms with van der Waals surface area (Å²) in [5.74, 6) is -0.354. The van der Waals surface area contributed by atoms with E-state index < -0.39 is 16.1 Å². The first-order valence-electron chi connectivity index (χ1n) is 6.09. The molecule has 1 atom stereocenters. The van der Waals surface area contributed by atoms with Gasteiger partial charge in [0.2, 0.25) is 10.0 Å². The highest BCUT2D eigenvalue weighted by atomic mass is 32.2. The molecule has 0 aliphatic rings. The van der Waals surface area contributed by atoms with E-state index in [9.17, 15) is 12.8 Å². The Morgan fingerprint density at radius 3 is 2.60 bits per heavy atom. The third-order valence-corrected chi connectivity index (χ3v) is 4.76. The number of hydrogen-bond donors (Lipinski definition) is 2. The van der Waals surface area contributed by atoms with Crippen LogP contribution in [0.5, 0.6) is 0 Å². The molecular weight excluding hydrogens is 281 g/mol. The highest BCUT2D eigenvalue weighted by molar-refractivity contribution is 7.89. The molecule has 0 amide bonds. The highest BCUT2D eigenvalue weighted by Gasteiger charge is 2.22. The molecule has 2 aromatic rings. The molecule has 1 heterocycles. The zero-order valence-corrected chi connectivity index (χ0v) is 12.3. The lowest BCUT2D eigenvalue weighted by molar-refractivity contribution is 0.563. The summed E-state index contributed by atoms with van der Waals surface area (Å²) in [4.78, 5) is 0.0944. The van der Waals surface area contributed by atoms with Gasteiger partial charge < -0.3 is 0 Å². The Hall–Kier alpha value is -1.73. The Balaban J connectivity index is 2.25. The molecule has 0 bridgehead atoms. The van der Waals surface area contributed by atoms with Crippen molar-refractivity contribution < 1.29 is 12.8 Å². The van der Waals surface area contributed by atoms with Crippen LogP contribution in [0.1, 0.15) is 29.8 Å². The van der Waals surface area contributed by atoms with Gasteiger partial charge in [-0.05, 0) is 38.0 Å². The van der Waals surface area contributed by atoms with Crippen LogP contribution in [0.2, 0.25) is 0 Å². The number of rotatable bonds is 4. The fraction of sp³-hybridized carbons (Fsp3) is 0.308. The summed E-state index contributed by atoms with van der Waals surface area (Å²) in [6, 6.07) is 4.13. The van der Waals surface area contributed by atoms with Gasteiger partial charge in [-0.3, -0.25) is 5.10 Å². The average Bonchev–Trinajstić information content (AvgIpc) is 2.79. The van der Waals surface area contributed by atoms with Crippen molar-refractivity contribution in [2.45, 2.75) is 31.7 Å². The van der Waals surface area contributed by atoms with Crippen molar-refractivity contribution in [2.75, 3.05) is 0 Å². The first-order valence-corrected chi connectivity index (χ1v) is 7.58. The number of aromatic nitrogens is 2. The van der Waals surface area contributed by atoms with E-state index in [0.717, 1.165) is 0 Å². The second kappa shape index (κ2) is 5.34. The minimum absolute atomic E-state index is 0.0944. The molecule has 0 aliphatic heterocycles. The number of aromatic amines is 1. The molecule has 0 saturated carbocycles. The number of nitrogens with one attached hydrogen (secondary N) is 2. The zero-order valence-electron chi connectivity index (χ0n) is 11.4. The van der Waals surface area contributed by atoms with E-state index in [1.807, 2.05) is 0 Å². The van der Waals surface area contributed by atoms with Crippen molar-refractivity contribution in [2.24, 2.45) is 0 Å². The summed E-state index contributed by atoms with van der Waals surface area (Å²) in [6.07, 6.45) is 1.25. The Bertz CT molecular complexity index is 725. The molecule has 0 aliphatic carbocycles. The lowest BCUT2D eigenvalue weighted by Crippen LogP contribution is -2.27. The van der Waals surface area contributed by atoms with Crippen molar-refractivity contribution >= 4 is 10.0 Å². The smallest absolute Gasteiger partial charge is 0.244 e. The van der Waals surface area contributed by atoms with E-state index in [-0.39, 0.29) is 10.7 Å². The molecule has 2 rings (SSSR count). The van der Waals surface area contributed by atoms with Crippen LogP contribution >= 0.6 is 0 Å². The van der Waals surface area contributed by atoms with Crippen molar-refractivity contribution in [3.05, 3.63) is 47.0 Å². The van der Waals surface area contributed by atoms with Crippen molar-refractivity contribution in [3.8, 4) is 0 Å². The van der Waals surface area contributed by atoms with Gasteiger partial charge in [-0.25, -0.2) is 17.5 Å². The van der Waals surface area contributed by atoms with Crippen LogP contribution in [0, 0.1) is 19.7 Å². The Morgan fingerprint density at radius 1 is 1.35 bits per heavy atom. The minimum Gasteiger partial charge on any atom is -0.281 e. The highest BCUT2D eigenvalue weighted by Crippen LogP contribution is 2.20. The number of benzene rings is 1. The molecule has 1 unspecified atom stereocenters. The van der Waals surface area contributed by atoms with Gasteiger partial charge in [0.15, 0.2) is 0 Å². The van der Waals surface area contributed by atoms with Gasteiger partial charge in [-0.2, -0.15) is 5.10 Å². The molecule has 1 aromatic carbocycles. The Morgan fingerprint density at radius 2 is 2.05 bits per heavy atom. The molecule has 0 spiro atoms. The summed E-state index contributed by atoms with van der Waals surface area (Å²) in [7, 11) is -3.68. The quantitative estimate of drug-likeness (QED) is 0.908. The van der Waals surface area contributed by atoms with Gasteiger partial charge in [-0.1, -0.05) is 12.1 Å². The summed E-state index contributed by atoms with van der Waals surface area (Å²) >= 11 is 0. The van der Waals surface area contributed by atoms with Gasteiger partial charge in [0.05, 0.1) is 11.9 Å². The van der Waals surface area contributed by atoms with Crippen LogP contribution < -0.4 is 4.72 Å². The first-order chi connectivity index (χ1) is 9.31.